The maximum Gasteiger partial charge on any atom is 0.254 e. The normalized spacial score (nSPS) is 27.8. The standard InChI is InChI=1S/C19H25N5O4S/c25-18(13-9-22-19-21-5-6-23(19)10-13)20-4-1-15-16-11-24(12-17(15)16)29(26,27)14-2-7-28-8-3-14/h5-6,9-10,14-17H,1-4,7-8,11-12H2,(H,20,25)/t15-,16-,17+. The van der Waals surface area contributed by atoms with Crippen LogP contribution >= 0.6 is 0 Å². The number of rotatable bonds is 6. The molecule has 0 unspecified atom stereocenters. The quantitative estimate of drug-likeness (QED) is 0.732. The first-order valence-electron chi connectivity index (χ1n) is 10.2. The van der Waals surface area contributed by atoms with Gasteiger partial charge in [-0.2, -0.15) is 0 Å². The van der Waals surface area contributed by atoms with E-state index in [-0.39, 0.29) is 11.2 Å². The lowest BCUT2D eigenvalue weighted by atomic mass is 10.2. The van der Waals surface area contributed by atoms with Crippen molar-refractivity contribution in [3.8, 4) is 0 Å². The number of nitrogens with zero attached hydrogens (tertiary/aromatic N) is 4. The number of ether oxygens (including phenoxy) is 1. The van der Waals surface area contributed by atoms with E-state index in [0.717, 1.165) is 6.42 Å². The maximum atomic E-state index is 12.8. The Morgan fingerprint density at radius 3 is 2.72 bits per heavy atom. The largest absolute Gasteiger partial charge is 0.381 e. The zero-order valence-electron chi connectivity index (χ0n) is 16.1. The van der Waals surface area contributed by atoms with Gasteiger partial charge in [-0.25, -0.2) is 22.7 Å². The van der Waals surface area contributed by atoms with Gasteiger partial charge in [0.05, 0.1) is 10.8 Å². The van der Waals surface area contributed by atoms with Crippen LogP contribution in [0.2, 0.25) is 0 Å². The third-order valence-corrected chi connectivity index (χ3v) is 8.89. The van der Waals surface area contributed by atoms with E-state index in [1.165, 1.54) is 6.20 Å². The Bertz CT molecular complexity index is 1000. The Labute approximate surface area is 169 Å². The highest BCUT2D eigenvalue weighted by Crippen LogP contribution is 2.54. The van der Waals surface area contributed by atoms with Gasteiger partial charge in [0.1, 0.15) is 0 Å². The highest BCUT2D eigenvalue weighted by molar-refractivity contribution is 7.89. The van der Waals surface area contributed by atoms with Crippen molar-refractivity contribution >= 4 is 21.7 Å². The lowest BCUT2D eigenvalue weighted by Gasteiger charge is -2.28. The number of hydrogen-bond acceptors (Lipinski definition) is 6. The molecular formula is C19H25N5O4S. The number of carbonyl (C=O) groups excluding carboxylic acids is 1. The van der Waals surface area contributed by atoms with Crippen molar-refractivity contribution in [3.05, 3.63) is 30.4 Å². The molecule has 1 saturated carbocycles. The van der Waals surface area contributed by atoms with Crippen molar-refractivity contribution in [2.24, 2.45) is 17.8 Å². The van der Waals surface area contributed by atoms with Gasteiger partial charge < -0.3 is 10.1 Å². The van der Waals surface area contributed by atoms with Crippen LogP contribution in [0.15, 0.2) is 24.8 Å². The molecule has 2 saturated heterocycles. The van der Waals surface area contributed by atoms with Crippen LogP contribution < -0.4 is 5.32 Å². The van der Waals surface area contributed by atoms with Gasteiger partial charge in [-0.3, -0.25) is 9.20 Å². The summed E-state index contributed by atoms with van der Waals surface area (Å²) in [7, 11) is -3.20. The SMILES string of the molecule is O=C(NCC[C@@H]1[C@H]2CN(S(=O)(=O)C3CCOCC3)C[C@@H]12)c1cnc2nccn2c1. The number of imidazole rings is 1. The predicted octanol–water partition coefficient (Wildman–Crippen LogP) is 0.536. The summed E-state index contributed by atoms with van der Waals surface area (Å²) >= 11 is 0. The number of aromatic nitrogens is 3. The van der Waals surface area contributed by atoms with Gasteiger partial charge in [0.2, 0.25) is 15.8 Å². The molecule has 1 amide bonds. The number of carbonyl (C=O) groups is 1. The van der Waals surface area contributed by atoms with Gasteiger partial charge in [0.15, 0.2) is 0 Å². The fourth-order valence-electron chi connectivity index (χ4n) is 4.82. The summed E-state index contributed by atoms with van der Waals surface area (Å²) in [6.07, 6.45) is 8.73. The molecule has 156 valence electrons. The third kappa shape index (κ3) is 3.53. The molecule has 9 nitrogen and oxygen atoms in total. The van der Waals surface area contributed by atoms with Gasteiger partial charge in [-0.15, -0.1) is 0 Å². The van der Waals surface area contributed by atoms with Crippen LogP contribution in [-0.2, 0) is 14.8 Å². The van der Waals surface area contributed by atoms with Crippen molar-refractivity contribution in [2.45, 2.75) is 24.5 Å². The van der Waals surface area contributed by atoms with Crippen LogP contribution in [0.5, 0.6) is 0 Å². The highest BCUT2D eigenvalue weighted by atomic mass is 32.2. The summed E-state index contributed by atoms with van der Waals surface area (Å²) in [5.74, 6) is 1.79. The molecule has 0 bridgehead atoms. The van der Waals surface area contributed by atoms with Crippen LogP contribution in [0.3, 0.4) is 0 Å². The van der Waals surface area contributed by atoms with E-state index in [9.17, 15) is 13.2 Å². The maximum absolute atomic E-state index is 12.8. The molecule has 29 heavy (non-hydrogen) atoms. The molecule has 1 aliphatic carbocycles. The van der Waals surface area contributed by atoms with E-state index in [0.29, 0.717) is 74.8 Å². The summed E-state index contributed by atoms with van der Waals surface area (Å²) in [5.41, 5.74) is 0.500. The van der Waals surface area contributed by atoms with E-state index in [1.54, 1.807) is 27.3 Å². The first-order valence-corrected chi connectivity index (χ1v) is 11.7. The lowest BCUT2D eigenvalue weighted by Crippen LogP contribution is -2.41. The molecule has 4 heterocycles. The van der Waals surface area contributed by atoms with Gasteiger partial charge in [-0.1, -0.05) is 0 Å². The molecule has 3 aliphatic rings. The lowest BCUT2D eigenvalue weighted by molar-refractivity contribution is 0.0950. The van der Waals surface area contributed by atoms with Crippen molar-refractivity contribution in [1.29, 1.82) is 0 Å². The summed E-state index contributed by atoms with van der Waals surface area (Å²) < 4.78 is 34.3. The first-order chi connectivity index (χ1) is 14.0. The monoisotopic (exact) mass is 419 g/mol. The number of sulfonamides is 1. The molecule has 5 rings (SSSR count). The van der Waals surface area contributed by atoms with E-state index in [4.69, 9.17) is 4.74 Å². The van der Waals surface area contributed by atoms with Crippen LogP contribution in [0, 0.1) is 17.8 Å². The Balaban J connectivity index is 1.09. The molecule has 0 spiro atoms. The number of nitrogens with one attached hydrogen (secondary N) is 1. The summed E-state index contributed by atoms with van der Waals surface area (Å²) in [6.45, 7) is 2.92. The average molecular weight is 420 g/mol. The number of hydrogen-bond donors (Lipinski definition) is 1. The van der Waals surface area contributed by atoms with Gasteiger partial charge >= 0.3 is 0 Å². The molecule has 3 fully saturated rings. The fourth-order valence-corrected chi connectivity index (χ4v) is 6.79. The van der Waals surface area contributed by atoms with E-state index < -0.39 is 10.0 Å². The fraction of sp³-hybridized carbons (Fsp3) is 0.632. The summed E-state index contributed by atoms with van der Waals surface area (Å²) in [4.78, 5) is 20.6. The van der Waals surface area contributed by atoms with Crippen molar-refractivity contribution in [2.75, 3.05) is 32.8 Å². The topological polar surface area (TPSA) is 106 Å². The molecule has 2 aliphatic heterocycles. The Hall–Kier alpha value is -2.04. The number of piperidine rings is 1. The molecule has 10 heteroatoms. The van der Waals surface area contributed by atoms with Gasteiger partial charge in [0.25, 0.3) is 5.91 Å². The van der Waals surface area contributed by atoms with Crippen LogP contribution in [0.25, 0.3) is 5.78 Å². The predicted molar refractivity (Wildman–Crippen MR) is 105 cm³/mol. The van der Waals surface area contributed by atoms with Crippen molar-refractivity contribution < 1.29 is 17.9 Å². The minimum absolute atomic E-state index is 0.150. The Morgan fingerprint density at radius 2 is 1.97 bits per heavy atom. The molecule has 3 atom stereocenters. The van der Waals surface area contributed by atoms with Crippen LogP contribution in [-0.4, -0.2) is 71.1 Å². The molecule has 2 aromatic rings. The average Bonchev–Trinajstić information content (AvgIpc) is 3.10. The molecular weight excluding hydrogens is 394 g/mol. The van der Waals surface area contributed by atoms with Crippen molar-refractivity contribution in [1.82, 2.24) is 24.0 Å². The van der Waals surface area contributed by atoms with E-state index >= 15 is 0 Å². The molecule has 0 radical (unpaired) electrons. The molecule has 0 aromatic carbocycles. The second-order valence-corrected chi connectivity index (χ2v) is 10.4. The third-order valence-electron chi connectivity index (χ3n) is 6.56. The zero-order valence-corrected chi connectivity index (χ0v) is 16.9. The summed E-state index contributed by atoms with van der Waals surface area (Å²) in [6, 6.07) is 0. The minimum Gasteiger partial charge on any atom is -0.381 e. The van der Waals surface area contributed by atoms with Gasteiger partial charge in [-0.05, 0) is 37.0 Å². The first kappa shape index (κ1) is 19.0. The van der Waals surface area contributed by atoms with Crippen LogP contribution in [0.4, 0.5) is 0 Å². The zero-order chi connectivity index (χ0) is 20.0. The minimum atomic E-state index is -3.20. The Morgan fingerprint density at radius 1 is 1.21 bits per heavy atom. The second-order valence-electron chi connectivity index (χ2n) is 8.19. The smallest absolute Gasteiger partial charge is 0.254 e. The van der Waals surface area contributed by atoms with E-state index in [2.05, 4.69) is 15.3 Å². The second kappa shape index (κ2) is 7.33. The van der Waals surface area contributed by atoms with Gasteiger partial charge in [0, 0.05) is 57.6 Å². The van der Waals surface area contributed by atoms with E-state index in [1.807, 2.05) is 0 Å². The molecule has 2 aromatic heterocycles. The van der Waals surface area contributed by atoms with Crippen molar-refractivity contribution in [3.63, 3.8) is 0 Å². The number of amides is 1. The van der Waals surface area contributed by atoms with Crippen LogP contribution in [0.1, 0.15) is 29.6 Å². The number of fused-ring (bicyclic) bond motifs is 2. The Kier molecular flexibility index (Phi) is 4.79. The highest BCUT2D eigenvalue weighted by Gasteiger charge is 2.57. The summed E-state index contributed by atoms with van der Waals surface area (Å²) in [5, 5.41) is 2.67. The molecule has 1 N–H and O–H groups in total.